The number of hydrogen-bond donors (Lipinski definition) is 2. The van der Waals surface area contributed by atoms with Gasteiger partial charge in [-0.2, -0.15) is 0 Å². The van der Waals surface area contributed by atoms with E-state index in [0.717, 1.165) is 17.7 Å². The summed E-state index contributed by atoms with van der Waals surface area (Å²) in [5.41, 5.74) is -0.189. The van der Waals surface area contributed by atoms with Crippen LogP contribution >= 0.6 is 0 Å². The Morgan fingerprint density at radius 1 is 1.28 bits per heavy atom. The number of ether oxygens (including phenoxy) is 4. The lowest BCUT2D eigenvalue weighted by Gasteiger charge is -2.65. The number of rotatable bonds is 3. The average Bonchev–Trinajstić information content (AvgIpc) is 3.32. The smallest absolute Gasteiger partial charge is 0.207 e. The number of aliphatic hydroxyl groups excluding tert-OH is 1. The van der Waals surface area contributed by atoms with E-state index in [2.05, 4.69) is 11.5 Å². The third kappa shape index (κ3) is 1.87. The van der Waals surface area contributed by atoms with Crippen molar-refractivity contribution in [2.24, 2.45) is 0 Å². The van der Waals surface area contributed by atoms with Crippen molar-refractivity contribution in [3.8, 4) is 11.5 Å². The molecule has 5 atom stereocenters. The molecule has 3 aliphatic heterocycles. The number of nitrogens with zero attached hydrogens (tertiary/aromatic N) is 1. The van der Waals surface area contributed by atoms with E-state index in [9.17, 15) is 10.2 Å². The first-order valence-corrected chi connectivity index (χ1v) is 10.4. The zero-order valence-electron chi connectivity index (χ0n) is 16.6. The van der Waals surface area contributed by atoms with Gasteiger partial charge < -0.3 is 29.2 Å². The monoisotopic (exact) mass is 401 g/mol. The molecule has 1 aromatic rings. The lowest BCUT2D eigenvalue weighted by atomic mass is 9.47. The van der Waals surface area contributed by atoms with E-state index in [-0.39, 0.29) is 0 Å². The van der Waals surface area contributed by atoms with Crippen LogP contribution in [-0.4, -0.2) is 72.1 Å². The number of likely N-dealkylation sites (tertiary alicyclic amines) is 1. The van der Waals surface area contributed by atoms with Crippen molar-refractivity contribution >= 4 is 0 Å². The number of methoxy groups -OCH3 is 1. The van der Waals surface area contributed by atoms with Crippen LogP contribution in [-0.2, 0) is 14.9 Å². The van der Waals surface area contributed by atoms with Crippen molar-refractivity contribution in [1.29, 1.82) is 0 Å². The van der Waals surface area contributed by atoms with Crippen LogP contribution < -0.4 is 9.47 Å². The van der Waals surface area contributed by atoms with Gasteiger partial charge in [-0.15, -0.1) is 6.58 Å². The normalized spacial score (nSPS) is 41.1. The lowest BCUT2D eigenvalue weighted by molar-refractivity contribution is -0.303. The molecule has 0 radical (unpaired) electrons. The van der Waals surface area contributed by atoms with Gasteiger partial charge in [0.15, 0.2) is 17.6 Å². The number of piperidine rings is 1. The first-order chi connectivity index (χ1) is 14.0. The Kier molecular flexibility index (Phi) is 3.59. The van der Waals surface area contributed by atoms with Crippen LogP contribution in [0.25, 0.3) is 0 Å². The van der Waals surface area contributed by atoms with Crippen LogP contribution in [0.4, 0.5) is 0 Å². The summed E-state index contributed by atoms with van der Waals surface area (Å²) in [5, 5.41) is 23.8. The highest BCUT2D eigenvalue weighted by Gasteiger charge is 2.78. The van der Waals surface area contributed by atoms with Crippen molar-refractivity contribution < 1.29 is 29.2 Å². The van der Waals surface area contributed by atoms with Crippen molar-refractivity contribution in [2.75, 3.05) is 33.4 Å². The Morgan fingerprint density at radius 2 is 2.07 bits per heavy atom. The van der Waals surface area contributed by atoms with Gasteiger partial charge in [-0.05, 0) is 24.5 Å². The van der Waals surface area contributed by atoms with Crippen LogP contribution in [0.5, 0.6) is 11.5 Å². The third-order valence-electron chi connectivity index (χ3n) is 7.96. The maximum absolute atomic E-state index is 12.3. The molecular weight excluding hydrogens is 374 g/mol. The molecule has 0 amide bonds. The molecule has 2 saturated heterocycles. The Hall–Kier alpha value is -1.64. The molecule has 2 aliphatic carbocycles. The summed E-state index contributed by atoms with van der Waals surface area (Å²) in [6.07, 6.45) is 2.20. The highest BCUT2D eigenvalue weighted by atomic mass is 16.8. The van der Waals surface area contributed by atoms with Crippen LogP contribution in [0.2, 0.25) is 0 Å². The maximum Gasteiger partial charge on any atom is 0.207 e. The molecule has 1 aromatic carbocycles. The van der Waals surface area contributed by atoms with Crippen LogP contribution in [0.3, 0.4) is 0 Å². The van der Waals surface area contributed by atoms with E-state index in [1.54, 1.807) is 7.11 Å². The van der Waals surface area contributed by atoms with E-state index < -0.39 is 35.1 Å². The van der Waals surface area contributed by atoms with Crippen molar-refractivity contribution in [3.05, 3.63) is 35.9 Å². The summed E-state index contributed by atoms with van der Waals surface area (Å²) >= 11 is 0. The predicted molar refractivity (Wildman–Crippen MR) is 103 cm³/mol. The molecule has 6 rings (SSSR count). The number of hydrogen-bond acceptors (Lipinski definition) is 7. The van der Waals surface area contributed by atoms with E-state index >= 15 is 0 Å². The SMILES string of the molecule is C=CCN1CC[C@]23c4c5ccc(OC)c4O[C@H]2C2(CC[C@@]3(O)[C@H]1[C@@H]5O)OCCO2. The quantitative estimate of drug-likeness (QED) is 0.739. The van der Waals surface area contributed by atoms with Crippen molar-refractivity contribution in [3.63, 3.8) is 0 Å². The van der Waals surface area contributed by atoms with Crippen molar-refractivity contribution in [2.45, 2.75) is 54.3 Å². The largest absolute Gasteiger partial charge is 0.493 e. The summed E-state index contributed by atoms with van der Waals surface area (Å²) in [7, 11) is 1.61. The Morgan fingerprint density at radius 3 is 2.79 bits per heavy atom. The van der Waals surface area contributed by atoms with Gasteiger partial charge in [-0.1, -0.05) is 12.1 Å². The van der Waals surface area contributed by atoms with Crippen LogP contribution in [0, 0.1) is 0 Å². The molecule has 29 heavy (non-hydrogen) atoms. The van der Waals surface area contributed by atoms with Gasteiger partial charge in [0.1, 0.15) is 0 Å². The standard InChI is InChI=1S/C22H27NO6/c1-3-9-23-10-8-20-15-13-4-5-14(26-2)17(15)29-19(20)22(27-11-12-28-22)7-6-21(20,25)18(23)16(13)24/h3-5,16,18-19,24-25H,1,6-12H2,2H3/t16-,18-,19-,20+,21-/m1/s1. The first-order valence-electron chi connectivity index (χ1n) is 10.4. The minimum absolute atomic E-state index is 0.439. The predicted octanol–water partition coefficient (Wildman–Crippen LogP) is 1.27. The maximum atomic E-state index is 12.3. The molecule has 7 nitrogen and oxygen atoms in total. The zero-order chi connectivity index (χ0) is 20.0. The molecule has 0 unspecified atom stereocenters. The molecular formula is C22H27NO6. The van der Waals surface area contributed by atoms with Gasteiger partial charge >= 0.3 is 0 Å². The number of fused-ring (bicyclic) bond motifs is 1. The second-order valence-corrected chi connectivity index (χ2v) is 8.89. The second kappa shape index (κ2) is 5.74. The Labute approximate surface area is 169 Å². The third-order valence-corrected chi connectivity index (χ3v) is 7.96. The summed E-state index contributed by atoms with van der Waals surface area (Å²) in [5.74, 6) is 0.353. The highest BCUT2D eigenvalue weighted by Crippen LogP contribution is 2.69. The zero-order valence-corrected chi connectivity index (χ0v) is 16.6. The van der Waals surface area contributed by atoms with E-state index in [4.69, 9.17) is 18.9 Å². The summed E-state index contributed by atoms with van der Waals surface area (Å²) in [4.78, 5) is 2.15. The van der Waals surface area contributed by atoms with Gasteiger partial charge in [0.2, 0.25) is 5.79 Å². The highest BCUT2D eigenvalue weighted by molar-refractivity contribution is 5.64. The minimum Gasteiger partial charge on any atom is -0.493 e. The van der Waals surface area contributed by atoms with E-state index in [1.807, 2.05) is 18.2 Å². The molecule has 3 fully saturated rings. The van der Waals surface area contributed by atoms with Crippen LogP contribution in [0.15, 0.2) is 24.8 Å². The molecule has 2 N–H and O–H groups in total. The summed E-state index contributed by atoms with van der Waals surface area (Å²) in [6.45, 7) is 6.25. The topological polar surface area (TPSA) is 80.6 Å². The molecule has 7 heteroatoms. The van der Waals surface area contributed by atoms with Gasteiger partial charge in [0.05, 0.1) is 43.5 Å². The second-order valence-electron chi connectivity index (χ2n) is 8.89. The molecule has 5 aliphatic rings. The molecule has 1 saturated carbocycles. The molecule has 156 valence electrons. The van der Waals surface area contributed by atoms with Gasteiger partial charge in [0, 0.05) is 25.1 Å². The first kappa shape index (κ1) is 18.2. The molecule has 0 aromatic heterocycles. The fraction of sp³-hybridized carbons (Fsp3) is 0.636. The fourth-order valence-electron chi connectivity index (χ4n) is 6.95. The average molecular weight is 401 g/mol. The van der Waals surface area contributed by atoms with Gasteiger partial charge in [0.25, 0.3) is 0 Å². The summed E-state index contributed by atoms with van der Waals surface area (Å²) < 4.78 is 24.5. The Bertz CT molecular complexity index is 882. The molecule has 2 spiro atoms. The number of benzene rings is 1. The Balaban J connectivity index is 1.64. The van der Waals surface area contributed by atoms with E-state index in [0.29, 0.717) is 50.5 Å². The van der Waals surface area contributed by atoms with Crippen LogP contribution in [0.1, 0.15) is 36.5 Å². The van der Waals surface area contributed by atoms with Gasteiger partial charge in [-0.25, -0.2) is 0 Å². The van der Waals surface area contributed by atoms with Gasteiger partial charge in [-0.3, -0.25) is 4.90 Å². The lowest BCUT2D eigenvalue weighted by Crippen LogP contribution is -2.80. The minimum atomic E-state index is -1.16. The molecule has 2 bridgehead atoms. The summed E-state index contributed by atoms with van der Waals surface area (Å²) in [6, 6.07) is 3.31. The molecule has 3 heterocycles. The number of aliphatic hydroxyl groups is 2. The van der Waals surface area contributed by atoms with E-state index in [1.165, 1.54) is 0 Å². The fourth-order valence-corrected chi connectivity index (χ4v) is 6.95. The van der Waals surface area contributed by atoms with Crippen molar-refractivity contribution in [1.82, 2.24) is 4.90 Å².